The summed E-state index contributed by atoms with van der Waals surface area (Å²) in [5, 5.41) is 13.4. The first-order chi connectivity index (χ1) is 6.20. The Balaban J connectivity index is 2.85. The summed E-state index contributed by atoms with van der Waals surface area (Å²) in [4.78, 5) is 14.5. The van der Waals surface area contributed by atoms with E-state index in [-0.39, 0.29) is 0 Å². The second-order valence-electron chi connectivity index (χ2n) is 2.38. The molecule has 5 nitrogen and oxygen atoms in total. The van der Waals surface area contributed by atoms with Gasteiger partial charge in [0.1, 0.15) is 9.22 Å². The van der Waals surface area contributed by atoms with E-state index >= 15 is 0 Å². The highest BCUT2D eigenvalue weighted by molar-refractivity contribution is 14.1. The molecule has 2 rings (SSSR count). The maximum absolute atomic E-state index is 10.7. The summed E-state index contributed by atoms with van der Waals surface area (Å²) in [6.07, 6.45) is 2.00. The third kappa shape index (κ3) is 1.26. The number of aromatic nitrogens is 3. The SMILES string of the molecule is O=C(O)n1nc(I)c2ccncc21. The molecule has 0 saturated carbocycles. The highest BCUT2D eigenvalue weighted by atomic mass is 127. The van der Waals surface area contributed by atoms with Gasteiger partial charge in [-0.05, 0) is 28.7 Å². The standard InChI is InChI=1S/C7H4IN3O2/c8-6-4-1-2-9-3-5(4)11(10-6)7(12)13/h1-3H,(H,12,13). The predicted octanol–water partition coefficient (Wildman–Crippen LogP) is 1.56. The number of hydrogen-bond acceptors (Lipinski definition) is 3. The smallest absolute Gasteiger partial charge is 0.432 e. The van der Waals surface area contributed by atoms with Gasteiger partial charge in [0.2, 0.25) is 0 Å². The molecule has 0 aliphatic heterocycles. The van der Waals surface area contributed by atoms with Gasteiger partial charge in [0, 0.05) is 11.6 Å². The Morgan fingerprint density at radius 1 is 1.62 bits per heavy atom. The zero-order valence-electron chi connectivity index (χ0n) is 6.31. The number of carbonyl (C=O) groups is 1. The van der Waals surface area contributed by atoms with Crippen LogP contribution in [-0.4, -0.2) is 26.0 Å². The minimum atomic E-state index is -1.10. The summed E-state index contributed by atoms with van der Waals surface area (Å²) >= 11 is 1.99. The van der Waals surface area contributed by atoms with Crippen LogP contribution in [0.5, 0.6) is 0 Å². The molecule has 0 radical (unpaired) electrons. The van der Waals surface area contributed by atoms with Crippen LogP contribution in [0, 0.1) is 3.70 Å². The van der Waals surface area contributed by atoms with Gasteiger partial charge in [-0.1, -0.05) is 0 Å². The minimum Gasteiger partial charge on any atom is -0.463 e. The maximum Gasteiger partial charge on any atom is 0.432 e. The van der Waals surface area contributed by atoms with Crippen molar-refractivity contribution in [3.05, 3.63) is 22.2 Å². The maximum atomic E-state index is 10.7. The molecule has 2 aromatic heterocycles. The second-order valence-corrected chi connectivity index (χ2v) is 3.40. The zero-order valence-corrected chi connectivity index (χ0v) is 8.46. The summed E-state index contributed by atoms with van der Waals surface area (Å²) in [5.74, 6) is 0. The lowest BCUT2D eigenvalue weighted by Crippen LogP contribution is -2.09. The minimum absolute atomic E-state index is 0.513. The molecule has 0 spiro atoms. The van der Waals surface area contributed by atoms with Crippen LogP contribution < -0.4 is 0 Å². The van der Waals surface area contributed by atoms with Crippen molar-refractivity contribution < 1.29 is 9.90 Å². The molecule has 2 heterocycles. The molecule has 0 aliphatic carbocycles. The molecule has 0 amide bonds. The Morgan fingerprint density at radius 3 is 3.08 bits per heavy atom. The molecular formula is C7H4IN3O2. The summed E-state index contributed by atoms with van der Waals surface area (Å²) in [5.41, 5.74) is 0.513. The lowest BCUT2D eigenvalue weighted by Gasteiger charge is -1.92. The van der Waals surface area contributed by atoms with Crippen LogP contribution >= 0.6 is 22.6 Å². The first-order valence-corrected chi connectivity index (χ1v) is 4.49. The Kier molecular flexibility index (Phi) is 1.91. The lowest BCUT2D eigenvalue weighted by molar-refractivity contribution is 0.194. The number of nitrogens with zero attached hydrogens (tertiary/aromatic N) is 3. The van der Waals surface area contributed by atoms with Gasteiger partial charge in [-0.2, -0.15) is 9.78 Å². The highest BCUT2D eigenvalue weighted by Crippen LogP contribution is 2.18. The van der Waals surface area contributed by atoms with Crippen LogP contribution in [0.15, 0.2) is 18.5 Å². The van der Waals surface area contributed by atoms with E-state index < -0.39 is 6.09 Å². The van der Waals surface area contributed by atoms with Crippen molar-refractivity contribution in [1.82, 2.24) is 14.8 Å². The van der Waals surface area contributed by atoms with Crippen LogP contribution in [0.25, 0.3) is 10.9 Å². The average molecular weight is 289 g/mol. The molecule has 0 aromatic carbocycles. The van der Waals surface area contributed by atoms with E-state index in [0.29, 0.717) is 9.22 Å². The van der Waals surface area contributed by atoms with Crippen molar-refractivity contribution in [2.45, 2.75) is 0 Å². The van der Waals surface area contributed by atoms with Gasteiger partial charge < -0.3 is 5.11 Å². The van der Waals surface area contributed by atoms with Gasteiger partial charge in [-0.25, -0.2) is 4.79 Å². The van der Waals surface area contributed by atoms with Crippen LogP contribution in [0.2, 0.25) is 0 Å². The summed E-state index contributed by atoms with van der Waals surface area (Å²) in [7, 11) is 0. The first kappa shape index (κ1) is 8.42. The molecule has 0 atom stereocenters. The number of fused-ring (bicyclic) bond motifs is 1. The quantitative estimate of drug-likeness (QED) is 0.747. The first-order valence-electron chi connectivity index (χ1n) is 3.41. The zero-order chi connectivity index (χ0) is 9.42. The summed E-state index contributed by atoms with van der Waals surface area (Å²) in [6, 6.07) is 1.74. The number of carboxylic acid groups (broad SMARTS) is 1. The van der Waals surface area contributed by atoms with Crippen LogP contribution in [0.3, 0.4) is 0 Å². The monoisotopic (exact) mass is 289 g/mol. The van der Waals surface area contributed by atoms with E-state index in [0.717, 1.165) is 10.1 Å². The molecule has 1 N–H and O–H groups in total. The van der Waals surface area contributed by atoms with Crippen molar-refractivity contribution in [1.29, 1.82) is 0 Å². The van der Waals surface area contributed by atoms with E-state index in [1.807, 2.05) is 22.6 Å². The number of pyridine rings is 1. The molecule has 0 fully saturated rings. The summed E-state index contributed by atoms with van der Waals surface area (Å²) in [6.45, 7) is 0. The van der Waals surface area contributed by atoms with E-state index in [2.05, 4.69) is 10.1 Å². The van der Waals surface area contributed by atoms with Crippen molar-refractivity contribution in [3.63, 3.8) is 0 Å². The van der Waals surface area contributed by atoms with Gasteiger partial charge >= 0.3 is 6.09 Å². The molecule has 66 valence electrons. The number of halogens is 1. The van der Waals surface area contributed by atoms with Gasteiger partial charge in [0.05, 0.1) is 6.20 Å². The fourth-order valence-electron chi connectivity index (χ4n) is 1.07. The van der Waals surface area contributed by atoms with Gasteiger partial charge in [0.25, 0.3) is 0 Å². The highest BCUT2D eigenvalue weighted by Gasteiger charge is 2.11. The van der Waals surface area contributed by atoms with Crippen LogP contribution in [-0.2, 0) is 0 Å². The third-order valence-corrected chi connectivity index (χ3v) is 2.42. The van der Waals surface area contributed by atoms with E-state index in [1.54, 1.807) is 12.3 Å². The number of hydrogen-bond donors (Lipinski definition) is 1. The topological polar surface area (TPSA) is 68.0 Å². The Labute approximate surface area is 86.5 Å². The molecule has 2 aromatic rings. The Bertz CT molecular complexity index is 480. The van der Waals surface area contributed by atoms with Crippen LogP contribution in [0.4, 0.5) is 4.79 Å². The lowest BCUT2D eigenvalue weighted by atomic mass is 10.3. The van der Waals surface area contributed by atoms with Crippen LogP contribution in [0.1, 0.15) is 0 Å². The average Bonchev–Trinajstić information content (AvgIpc) is 2.45. The fraction of sp³-hybridized carbons (Fsp3) is 0. The van der Waals surface area contributed by atoms with Gasteiger partial charge in [-0.3, -0.25) is 4.98 Å². The Hall–Kier alpha value is -1.18. The second kappa shape index (κ2) is 2.95. The van der Waals surface area contributed by atoms with Gasteiger partial charge in [0.15, 0.2) is 0 Å². The van der Waals surface area contributed by atoms with Crippen molar-refractivity contribution in [2.24, 2.45) is 0 Å². The van der Waals surface area contributed by atoms with E-state index in [9.17, 15) is 4.79 Å². The molecule has 0 unspecified atom stereocenters. The summed E-state index contributed by atoms with van der Waals surface area (Å²) < 4.78 is 1.58. The molecule has 6 heteroatoms. The molecular weight excluding hydrogens is 285 g/mol. The normalized spacial score (nSPS) is 10.5. The molecule has 0 saturated heterocycles. The Morgan fingerprint density at radius 2 is 2.38 bits per heavy atom. The van der Waals surface area contributed by atoms with E-state index in [4.69, 9.17) is 5.11 Å². The van der Waals surface area contributed by atoms with Crippen molar-refractivity contribution >= 4 is 39.6 Å². The third-order valence-electron chi connectivity index (χ3n) is 1.62. The molecule has 13 heavy (non-hydrogen) atoms. The fourth-order valence-corrected chi connectivity index (χ4v) is 1.74. The largest absolute Gasteiger partial charge is 0.463 e. The van der Waals surface area contributed by atoms with E-state index in [1.165, 1.54) is 6.20 Å². The molecule has 0 aliphatic rings. The van der Waals surface area contributed by atoms with Crippen molar-refractivity contribution in [2.75, 3.05) is 0 Å². The molecule has 0 bridgehead atoms. The van der Waals surface area contributed by atoms with Gasteiger partial charge in [-0.15, -0.1) is 0 Å². The van der Waals surface area contributed by atoms with Crippen molar-refractivity contribution in [3.8, 4) is 0 Å². The predicted molar refractivity (Wildman–Crippen MR) is 53.7 cm³/mol. The number of rotatable bonds is 0.